The summed E-state index contributed by atoms with van der Waals surface area (Å²) in [4.78, 5) is 14.1. The maximum atomic E-state index is 11.8. The lowest BCUT2D eigenvalue weighted by molar-refractivity contribution is -0.150. The van der Waals surface area contributed by atoms with Gasteiger partial charge in [0.1, 0.15) is 0 Å². The van der Waals surface area contributed by atoms with Crippen molar-refractivity contribution in [2.75, 3.05) is 25.4 Å². The van der Waals surface area contributed by atoms with Crippen LogP contribution in [0.1, 0.15) is 25.3 Å². The van der Waals surface area contributed by atoms with Gasteiger partial charge in [-0.15, -0.1) is 0 Å². The Morgan fingerprint density at radius 3 is 3.05 bits per heavy atom. The molecule has 0 radical (unpaired) electrons. The highest BCUT2D eigenvalue weighted by Crippen LogP contribution is 2.23. The molecule has 1 heterocycles. The number of benzene rings is 1. The quantitative estimate of drug-likeness (QED) is 0.685. The molecule has 4 nitrogen and oxygen atoms in total. The minimum atomic E-state index is -0.0821. The number of hydrogen-bond acceptors (Lipinski definition) is 4. The highest BCUT2D eigenvalue weighted by molar-refractivity contribution is 6.30. The van der Waals surface area contributed by atoms with E-state index in [4.69, 9.17) is 22.1 Å². The maximum absolute atomic E-state index is 11.8. The van der Waals surface area contributed by atoms with E-state index in [0.717, 1.165) is 38.0 Å². The number of nitrogens with two attached hydrogens (primary N) is 1. The summed E-state index contributed by atoms with van der Waals surface area (Å²) in [5.74, 6) is -0.0986. The van der Waals surface area contributed by atoms with E-state index in [2.05, 4.69) is 4.90 Å². The van der Waals surface area contributed by atoms with Gasteiger partial charge < -0.3 is 10.5 Å². The molecule has 110 valence electrons. The van der Waals surface area contributed by atoms with Gasteiger partial charge in [-0.3, -0.25) is 9.69 Å². The number of ether oxygens (including phenoxy) is 1. The summed E-state index contributed by atoms with van der Waals surface area (Å²) in [7, 11) is 0. The third kappa shape index (κ3) is 3.87. The standard InChI is InChI=1S/C15H21ClN2O2/c1-2-20-15(19)12-4-3-7-18(10-12)9-11-5-6-13(16)8-14(11)17/h5-6,8,12H,2-4,7,9-10,17H2,1H3. The molecule has 2 rings (SSSR count). The van der Waals surface area contributed by atoms with E-state index in [-0.39, 0.29) is 11.9 Å². The fourth-order valence-corrected chi connectivity index (χ4v) is 2.78. The second-order valence-corrected chi connectivity index (χ2v) is 5.61. The van der Waals surface area contributed by atoms with Crippen LogP contribution in [0.3, 0.4) is 0 Å². The molecule has 1 aliphatic rings. The Bertz CT molecular complexity index is 479. The van der Waals surface area contributed by atoms with E-state index in [9.17, 15) is 4.79 Å². The van der Waals surface area contributed by atoms with E-state index >= 15 is 0 Å². The van der Waals surface area contributed by atoms with Crippen LogP contribution in [0, 0.1) is 5.92 Å². The first-order valence-electron chi connectivity index (χ1n) is 7.03. The topological polar surface area (TPSA) is 55.6 Å². The van der Waals surface area contributed by atoms with Crippen LogP contribution in [0.25, 0.3) is 0 Å². The molecule has 0 aromatic heterocycles. The van der Waals surface area contributed by atoms with Gasteiger partial charge in [0, 0.05) is 23.8 Å². The Labute approximate surface area is 124 Å². The summed E-state index contributed by atoms with van der Waals surface area (Å²) in [6.07, 6.45) is 1.92. The predicted molar refractivity (Wildman–Crippen MR) is 80.5 cm³/mol. The van der Waals surface area contributed by atoms with Crippen molar-refractivity contribution in [1.29, 1.82) is 0 Å². The molecular weight excluding hydrogens is 276 g/mol. The van der Waals surface area contributed by atoms with Gasteiger partial charge in [0.2, 0.25) is 0 Å². The molecule has 1 fully saturated rings. The summed E-state index contributed by atoms with van der Waals surface area (Å²) in [6.45, 7) is 4.75. The second-order valence-electron chi connectivity index (χ2n) is 5.17. The largest absolute Gasteiger partial charge is 0.466 e. The number of likely N-dealkylation sites (tertiary alicyclic amines) is 1. The monoisotopic (exact) mass is 296 g/mol. The van der Waals surface area contributed by atoms with E-state index in [1.165, 1.54) is 0 Å². The molecule has 0 amide bonds. The lowest BCUT2D eigenvalue weighted by atomic mass is 9.97. The van der Waals surface area contributed by atoms with Gasteiger partial charge in [-0.1, -0.05) is 17.7 Å². The Morgan fingerprint density at radius 1 is 1.55 bits per heavy atom. The molecule has 1 aliphatic heterocycles. The van der Waals surface area contributed by atoms with Crippen molar-refractivity contribution in [2.24, 2.45) is 5.92 Å². The molecule has 0 spiro atoms. The third-order valence-corrected chi connectivity index (χ3v) is 3.86. The van der Waals surface area contributed by atoms with Gasteiger partial charge in [0.05, 0.1) is 12.5 Å². The number of carbonyl (C=O) groups is 1. The molecule has 0 bridgehead atoms. The van der Waals surface area contributed by atoms with E-state index < -0.39 is 0 Å². The predicted octanol–water partition coefficient (Wildman–Crippen LogP) is 2.70. The molecule has 1 atom stereocenters. The van der Waals surface area contributed by atoms with Gasteiger partial charge in [0.15, 0.2) is 0 Å². The van der Waals surface area contributed by atoms with Crippen LogP contribution < -0.4 is 5.73 Å². The number of hydrogen-bond donors (Lipinski definition) is 1. The van der Waals surface area contributed by atoms with Crippen LogP contribution in [0.15, 0.2) is 18.2 Å². The number of carbonyl (C=O) groups excluding carboxylic acids is 1. The summed E-state index contributed by atoms with van der Waals surface area (Å²) < 4.78 is 5.11. The minimum Gasteiger partial charge on any atom is -0.466 e. The molecule has 1 unspecified atom stereocenters. The number of nitrogens with zero attached hydrogens (tertiary/aromatic N) is 1. The minimum absolute atomic E-state index is 0.0165. The molecular formula is C15H21ClN2O2. The number of anilines is 1. The van der Waals surface area contributed by atoms with Gasteiger partial charge >= 0.3 is 5.97 Å². The lowest BCUT2D eigenvalue weighted by Crippen LogP contribution is -2.39. The maximum Gasteiger partial charge on any atom is 0.310 e. The Morgan fingerprint density at radius 2 is 2.35 bits per heavy atom. The zero-order valence-electron chi connectivity index (χ0n) is 11.8. The van der Waals surface area contributed by atoms with Crippen LogP contribution in [0.4, 0.5) is 5.69 Å². The molecule has 2 N–H and O–H groups in total. The highest BCUT2D eigenvalue weighted by atomic mass is 35.5. The number of nitrogen functional groups attached to an aromatic ring is 1. The molecule has 0 saturated carbocycles. The molecule has 5 heteroatoms. The summed E-state index contributed by atoms with van der Waals surface area (Å²) >= 11 is 5.90. The first-order chi connectivity index (χ1) is 9.60. The van der Waals surface area contributed by atoms with Crippen LogP contribution in [0.5, 0.6) is 0 Å². The zero-order valence-corrected chi connectivity index (χ0v) is 12.5. The summed E-state index contributed by atoms with van der Waals surface area (Å²) in [6, 6.07) is 5.56. The SMILES string of the molecule is CCOC(=O)C1CCCN(Cc2ccc(Cl)cc2N)C1. The van der Waals surface area contributed by atoms with Crippen LogP contribution in [-0.4, -0.2) is 30.6 Å². The molecule has 1 saturated heterocycles. The highest BCUT2D eigenvalue weighted by Gasteiger charge is 2.26. The lowest BCUT2D eigenvalue weighted by Gasteiger charge is -2.31. The Balaban J connectivity index is 1.97. The van der Waals surface area contributed by atoms with Crippen molar-refractivity contribution in [2.45, 2.75) is 26.3 Å². The first kappa shape index (κ1) is 15.1. The van der Waals surface area contributed by atoms with Crippen LogP contribution in [0.2, 0.25) is 5.02 Å². The molecule has 0 aliphatic carbocycles. The number of halogens is 1. The van der Waals surface area contributed by atoms with E-state index in [1.807, 2.05) is 19.1 Å². The third-order valence-electron chi connectivity index (χ3n) is 3.63. The number of piperidine rings is 1. The van der Waals surface area contributed by atoms with Crippen LogP contribution >= 0.6 is 11.6 Å². The second kappa shape index (κ2) is 6.95. The molecule has 20 heavy (non-hydrogen) atoms. The average Bonchev–Trinajstić information content (AvgIpc) is 2.43. The summed E-state index contributed by atoms with van der Waals surface area (Å²) in [5.41, 5.74) is 7.74. The van der Waals surface area contributed by atoms with Crippen molar-refractivity contribution in [3.63, 3.8) is 0 Å². The number of rotatable bonds is 4. The van der Waals surface area contributed by atoms with Gasteiger partial charge in [-0.2, -0.15) is 0 Å². The van der Waals surface area contributed by atoms with Crippen molar-refractivity contribution >= 4 is 23.3 Å². The van der Waals surface area contributed by atoms with Crippen molar-refractivity contribution in [3.8, 4) is 0 Å². The number of esters is 1. The van der Waals surface area contributed by atoms with Crippen LogP contribution in [-0.2, 0) is 16.1 Å². The van der Waals surface area contributed by atoms with Crippen molar-refractivity contribution in [1.82, 2.24) is 4.90 Å². The zero-order chi connectivity index (χ0) is 14.5. The Hall–Kier alpha value is -1.26. The fraction of sp³-hybridized carbons (Fsp3) is 0.533. The molecule has 1 aromatic carbocycles. The summed E-state index contributed by atoms with van der Waals surface area (Å²) in [5, 5.41) is 0.647. The molecule has 1 aromatic rings. The van der Waals surface area contributed by atoms with E-state index in [1.54, 1.807) is 6.07 Å². The van der Waals surface area contributed by atoms with Gasteiger partial charge in [0.25, 0.3) is 0 Å². The van der Waals surface area contributed by atoms with E-state index in [0.29, 0.717) is 17.3 Å². The van der Waals surface area contributed by atoms with Gasteiger partial charge in [-0.05, 0) is 44.0 Å². The van der Waals surface area contributed by atoms with Crippen molar-refractivity contribution < 1.29 is 9.53 Å². The van der Waals surface area contributed by atoms with Crippen molar-refractivity contribution in [3.05, 3.63) is 28.8 Å². The smallest absolute Gasteiger partial charge is 0.310 e. The Kier molecular flexibility index (Phi) is 5.26. The fourth-order valence-electron chi connectivity index (χ4n) is 2.60. The van der Waals surface area contributed by atoms with Gasteiger partial charge in [-0.25, -0.2) is 0 Å². The first-order valence-corrected chi connectivity index (χ1v) is 7.41. The average molecular weight is 297 g/mol. The normalized spacial score (nSPS) is 19.8.